The van der Waals surface area contributed by atoms with Gasteiger partial charge in [-0.3, -0.25) is 9.69 Å². The first-order valence-electron chi connectivity index (χ1n) is 8.65. The third kappa shape index (κ3) is 4.05. The number of nitrogens with zero attached hydrogens (tertiary/aromatic N) is 2. The van der Waals surface area contributed by atoms with Crippen LogP contribution in [0.2, 0.25) is 0 Å². The summed E-state index contributed by atoms with van der Waals surface area (Å²) in [5.74, 6) is 1.06. The molecule has 0 aliphatic carbocycles. The van der Waals surface area contributed by atoms with Crippen LogP contribution in [0.25, 0.3) is 0 Å². The molecular weight excluding hydrogens is 322 g/mol. The quantitative estimate of drug-likeness (QED) is 0.871. The number of carbonyl (C=O) groups excluding carboxylic acids is 1. The van der Waals surface area contributed by atoms with Gasteiger partial charge in [0.25, 0.3) is 5.91 Å². The Hall–Kier alpha value is -1.66. The first-order chi connectivity index (χ1) is 11.7. The Balaban J connectivity index is 1.52. The number of thiophene rings is 1. The molecule has 1 N–H and O–H groups in total. The van der Waals surface area contributed by atoms with Crippen LogP contribution in [-0.4, -0.2) is 35.6 Å². The lowest BCUT2D eigenvalue weighted by atomic mass is 9.97. The lowest BCUT2D eigenvalue weighted by Crippen LogP contribution is -2.40. The Morgan fingerprint density at radius 2 is 2.42 bits per heavy atom. The number of rotatable bonds is 6. The summed E-state index contributed by atoms with van der Waals surface area (Å²) in [6.45, 7) is 7.71. The molecule has 0 spiro atoms. The second kappa shape index (κ2) is 7.94. The highest BCUT2D eigenvalue weighted by Crippen LogP contribution is 2.20. The molecule has 0 aromatic carbocycles. The van der Waals surface area contributed by atoms with E-state index in [0.717, 1.165) is 25.3 Å². The van der Waals surface area contributed by atoms with Gasteiger partial charge in [0.05, 0.1) is 5.69 Å². The van der Waals surface area contributed by atoms with Crippen molar-refractivity contribution in [3.8, 4) is 0 Å². The largest absolute Gasteiger partial charge is 0.361 e. The smallest absolute Gasteiger partial charge is 0.256 e. The molecule has 2 aromatic rings. The topological polar surface area (TPSA) is 58.4 Å². The standard InChI is InChI=1S/C18H25N3O2S/c1-3-16-17(13(2)23-20-16)18(22)19-10-14-6-4-8-21(11-14)12-15-7-5-9-24-15/h5,7,9,14H,3-4,6,8,10-12H2,1-2H3,(H,19,22). The lowest BCUT2D eigenvalue weighted by Gasteiger charge is -2.32. The van der Waals surface area contributed by atoms with Crippen LogP contribution in [0.3, 0.4) is 0 Å². The monoisotopic (exact) mass is 347 g/mol. The van der Waals surface area contributed by atoms with Crippen molar-refractivity contribution in [1.29, 1.82) is 0 Å². The van der Waals surface area contributed by atoms with Gasteiger partial charge in [0, 0.05) is 24.5 Å². The summed E-state index contributed by atoms with van der Waals surface area (Å²) in [7, 11) is 0. The fraction of sp³-hybridized carbons (Fsp3) is 0.556. The SMILES string of the molecule is CCc1noc(C)c1C(=O)NCC1CCCN(Cc2cccs2)C1. The van der Waals surface area contributed by atoms with E-state index in [2.05, 4.69) is 32.9 Å². The zero-order valence-electron chi connectivity index (χ0n) is 14.4. The number of aryl methyl sites for hydroxylation is 2. The minimum atomic E-state index is -0.0546. The molecule has 24 heavy (non-hydrogen) atoms. The van der Waals surface area contributed by atoms with Crippen molar-refractivity contribution in [2.45, 2.75) is 39.7 Å². The fourth-order valence-electron chi connectivity index (χ4n) is 3.36. The maximum atomic E-state index is 12.5. The molecule has 5 nitrogen and oxygen atoms in total. The molecule has 1 atom stereocenters. The highest BCUT2D eigenvalue weighted by Gasteiger charge is 2.23. The van der Waals surface area contributed by atoms with Crippen LogP contribution >= 0.6 is 11.3 Å². The van der Waals surface area contributed by atoms with Crippen LogP contribution in [0.5, 0.6) is 0 Å². The third-order valence-corrected chi connectivity index (χ3v) is 5.47. The van der Waals surface area contributed by atoms with Gasteiger partial charge < -0.3 is 9.84 Å². The molecule has 2 aromatic heterocycles. The number of nitrogens with one attached hydrogen (secondary N) is 1. The second-order valence-electron chi connectivity index (χ2n) is 6.45. The van der Waals surface area contributed by atoms with Gasteiger partial charge >= 0.3 is 0 Å². The molecule has 3 rings (SSSR count). The maximum Gasteiger partial charge on any atom is 0.256 e. The summed E-state index contributed by atoms with van der Waals surface area (Å²) in [6.07, 6.45) is 3.07. The lowest BCUT2D eigenvalue weighted by molar-refractivity contribution is 0.0928. The molecule has 130 valence electrons. The van der Waals surface area contributed by atoms with Gasteiger partial charge in [-0.15, -0.1) is 11.3 Å². The van der Waals surface area contributed by atoms with Gasteiger partial charge in [0.2, 0.25) is 0 Å². The average Bonchev–Trinajstić information content (AvgIpc) is 3.22. The summed E-state index contributed by atoms with van der Waals surface area (Å²) in [5, 5.41) is 9.18. The number of amides is 1. The van der Waals surface area contributed by atoms with Gasteiger partial charge in [0.1, 0.15) is 11.3 Å². The predicted molar refractivity (Wildman–Crippen MR) is 95.3 cm³/mol. The minimum Gasteiger partial charge on any atom is -0.361 e. The second-order valence-corrected chi connectivity index (χ2v) is 7.48. The van der Waals surface area contributed by atoms with E-state index in [1.807, 2.05) is 18.3 Å². The van der Waals surface area contributed by atoms with E-state index >= 15 is 0 Å². The highest BCUT2D eigenvalue weighted by molar-refractivity contribution is 7.09. The van der Waals surface area contributed by atoms with Crippen molar-refractivity contribution in [3.05, 3.63) is 39.4 Å². The summed E-state index contributed by atoms with van der Waals surface area (Å²) in [5.41, 5.74) is 1.36. The van der Waals surface area contributed by atoms with Crippen LogP contribution in [0.4, 0.5) is 0 Å². The Morgan fingerprint density at radius 3 is 3.17 bits per heavy atom. The Kier molecular flexibility index (Phi) is 5.68. The average molecular weight is 347 g/mol. The third-order valence-electron chi connectivity index (χ3n) is 4.61. The van der Waals surface area contributed by atoms with E-state index in [1.165, 1.54) is 17.7 Å². The zero-order valence-corrected chi connectivity index (χ0v) is 15.2. The molecule has 1 fully saturated rings. The van der Waals surface area contributed by atoms with E-state index in [-0.39, 0.29) is 5.91 Å². The van der Waals surface area contributed by atoms with Crippen LogP contribution in [0.15, 0.2) is 22.0 Å². The van der Waals surface area contributed by atoms with Crippen molar-refractivity contribution in [1.82, 2.24) is 15.4 Å². The molecule has 3 heterocycles. The van der Waals surface area contributed by atoms with E-state index in [1.54, 1.807) is 6.92 Å². The molecule has 1 aliphatic heterocycles. The predicted octanol–water partition coefficient (Wildman–Crippen LogP) is 3.25. The molecule has 6 heteroatoms. The van der Waals surface area contributed by atoms with Crippen molar-refractivity contribution in [3.63, 3.8) is 0 Å². The van der Waals surface area contributed by atoms with Gasteiger partial charge in [-0.2, -0.15) is 0 Å². The van der Waals surface area contributed by atoms with Gasteiger partial charge in [-0.1, -0.05) is 18.1 Å². The maximum absolute atomic E-state index is 12.5. The highest BCUT2D eigenvalue weighted by atomic mass is 32.1. The summed E-state index contributed by atoms with van der Waals surface area (Å²) < 4.78 is 5.16. The van der Waals surface area contributed by atoms with E-state index in [0.29, 0.717) is 30.2 Å². The Bertz CT molecular complexity index is 666. The van der Waals surface area contributed by atoms with Crippen molar-refractivity contribution < 1.29 is 9.32 Å². The van der Waals surface area contributed by atoms with E-state index in [4.69, 9.17) is 4.52 Å². The molecule has 1 amide bonds. The summed E-state index contributed by atoms with van der Waals surface area (Å²) >= 11 is 1.81. The Morgan fingerprint density at radius 1 is 1.54 bits per heavy atom. The first-order valence-corrected chi connectivity index (χ1v) is 9.53. The Labute approximate surface area is 147 Å². The fourth-order valence-corrected chi connectivity index (χ4v) is 4.11. The molecule has 0 radical (unpaired) electrons. The summed E-state index contributed by atoms with van der Waals surface area (Å²) in [6, 6.07) is 4.30. The first kappa shape index (κ1) is 17.2. The number of hydrogen-bond donors (Lipinski definition) is 1. The molecule has 0 bridgehead atoms. The van der Waals surface area contributed by atoms with Crippen molar-refractivity contribution in [2.24, 2.45) is 5.92 Å². The normalized spacial score (nSPS) is 18.7. The molecular formula is C18H25N3O2S. The number of aromatic nitrogens is 1. The zero-order chi connectivity index (χ0) is 16.9. The van der Waals surface area contributed by atoms with Crippen molar-refractivity contribution in [2.75, 3.05) is 19.6 Å². The van der Waals surface area contributed by atoms with Gasteiger partial charge in [-0.05, 0) is 50.1 Å². The van der Waals surface area contributed by atoms with Crippen molar-refractivity contribution >= 4 is 17.2 Å². The van der Waals surface area contributed by atoms with Crippen LogP contribution in [-0.2, 0) is 13.0 Å². The van der Waals surface area contributed by atoms with Gasteiger partial charge in [-0.25, -0.2) is 0 Å². The number of carbonyl (C=O) groups is 1. The number of hydrogen-bond acceptors (Lipinski definition) is 5. The number of piperidine rings is 1. The molecule has 0 saturated carbocycles. The van der Waals surface area contributed by atoms with Crippen LogP contribution in [0.1, 0.15) is 46.5 Å². The van der Waals surface area contributed by atoms with Gasteiger partial charge in [0.15, 0.2) is 0 Å². The van der Waals surface area contributed by atoms with E-state index in [9.17, 15) is 4.79 Å². The van der Waals surface area contributed by atoms with Crippen LogP contribution in [0, 0.1) is 12.8 Å². The number of likely N-dealkylation sites (tertiary alicyclic amines) is 1. The molecule has 1 aliphatic rings. The molecule has 1 unspecified atom stereocenters. The summed E-state index contributed by atoms with van der Waals surface area (Å²) in [4.78, 5) is 16.4. The van der Waals surface area contributed by atoms with E-state index < -0.39 is 0 Å². The molecule has 1 saturated heterocycles. The van der Waals surface area contributed by atoms with Crippen LogP contribution < -0.4 is 5.32 Å². The minimum absolute atomic E-state index is 0.0546.